The topological polar surface area (TPSA) is 29.5 Å². The van der Waals surface area contributed by atoms with Gasteiger partial charge in [-0.15, -0.1) is 11.3 Å². The summed E-state index contributed by atoms with van der Waals surface area (Å²) in [7, 11) is 0. The van der Waals surface area contributed by atoms with Gasteiger partial charge >= 0.3 is 0 Å². The van der Waals surface area contributed by atoms with Crippen LogP contribution in [0.2, 0.25) is 0 Å². The van der Waals surface area contributed by atoms with Gasteiger partial charge in [-0.3, -0.25) is 4.79 Å². The van der Waals surface area contributed by atoms with E-state index in [1.54, 1.807) is 11.3 Å². The van der Waals surface area contributed by atoms with Crippen LogP contribution < -0.4 is 0 Å². The molecule has 0 spiro atoms. The second-order valence-electron chi connectivity index (χ2n) is 3.64. The fourth-order valence-electron chi connectivity index (χ4n) is 1.75. The molecule has 1 fully saturated rings. The quantitative estimate of drug-likeness (QED) is 0.786. The molecule has 0 N–H and O–H groups in total. The van der Waals surface area contributed by atoms with Gasteiger partial charge in [0.25, 0.3) is 0 Å². The van der Waals surface area contributed by atoms with Crippen molar-refractivity contribution in [3.05, 3.63) is 22.4 Å². The molecule has 0 radical (unpaired) electrons. The summed E-state index contributed by atoms with van der Waals surface area (Å²) < 4.78 is 5.33. The lowest BCUT2D eigenvalue weighted by Gasteiger charge is -2.19. The highest BCUT2D eigenvalue weighted by Crippen LogP contribution is 2.15. The number of carbonyl (C=O) groups is 1. The highest BCUT2D eigenvalue weighted by Gasteiger charge is 2.25. The average Bonchev–Trinajstić information content (AvgIpc) is 2.84. The van der Waals surface area contributed by atoms with E-state index in [0.29, 0.717) is 13.0 Å². The Kier molecular flexibility index (Phi) is 3.38. The third-order valence-corrected chi connectivity index (χ3v) is 3.55. The van der Waals surface area contributed by atoms with Crippen molar-refractivity contribution in [1.29, 1.82) is 0 Å². The first-order valence-electron chi connectivity index (χ1n) is 5.21. The Labute approximate surface area is 93.7 Å². The molecular formula is C11H15NO2S. The van der Waals surface area contributed by atoms with Crippen molar-refractivity contribution in [2.45, 2.75) is 26.0 Å². The monoisotopic (exact) mass is 225 g/mol. The van der Waals surface area contributed by atoms with E-state index in [4.69, 9.17) is 4.74 Å². The first kappa shape index (κ1) is 10.6. The highest BCUT2D eigenvalue weighted by molar-refractivity contribution is 7.09. The molecule has 1 amide bonds. The maximum Gasteiger partial charge on any atom is 0.225 e. The van der Waals surface area contributed by atoms with Gasteiger partial charge in [-0.1, -0.05) is 6.07 Å². The Balaban J connectivity index is 1.82. The number of ether oxygens (including phenoxy) is 1. The van der Waals surface area contributed by atoms with Crippen LogP contribution in [0.4, 0.5) is 0 Å². The zero-order valence-corrected chi connectivity index (χ0v) is 9.63. The van der Waals surface area contributed by atoms with E-state index in [1.807, 2.05) is 23.3 Å². The second kappa shape index (κ2) is 4.77. The molecule has 1 atom stereocenters. The summed E-state index contributed by atoms with van der Waals surface area (Å²) in [4.78, 5) is 14.9. The van der Waals surface area contributed by atoms with Crippen LogP contribution in [0.25, 0.3) is 0 Å². The summed E-state index contributed by atoms with van der Waals surface area (Å²) in [5, 5.41) is 2.04. The molecule has 1 saturated heterocycles. The molecule has 3 nitrogen and oxygen atoms in total. The smallest absolute Gasteiger partial charge is 0.225 e. The molecule has 1 aromatic heterocycles. The highest BCUT2D eigenvalue weighted by atomic mass is 32.1. The summed E-state index contributed by atoms with van der Waals surface area (Å²) in [6.07, 6.45) is 1.40. The van der Waals surface area contributed by atoms with Crippen molar-refractivity contribution in [3.63, 3.8) is 0 Å². The molecule has 15 heavy (non-hydrogen) atoms. The van der Waals surface area contributed by atoms with Crippen LogP contribution in [0.1, 0.15) is 18.2 Å². The molecule has 1 aliphatic rings. The van der Waals surface area contributed by atoms with Crippen molar-refractivity contribution in [3.8, 4) is 0 Å². The zero-order chi connectivity index (χ0) is 10.7. The molecule has 2 heterocycles. The number of nitrogens with zero attached hydrogens (tertiary/aromatic N) is 1. The van der Waals surface area contributed by atoms with Gasteiger partial charge in [0.05, 0.1) is 6.61 Å². The minimum absolute atomic E-state index is 0.0409. The van der Waals surface area contributed by atoms with Gasteiger partial charge in [0, 0.05) is 17.8 Å². The van der Waals surface area contributed by atoms with Crippen molar-refractivity contribution in [2.24, 2.45) is 0 Å². The predicted molar refractivity (Wildman–Crippen MR) is 59.8 cm³/mol. The minimum Gasteiger partial charge on any atom is -0.357 e. The lowest BCUT2D eigenvalue weighted by Crippen LogP contribution is -2.34. The maximum absolute atomic E-state index is 11.8. The first-order chi connectivity index (χ1) is 7.27. The summed E-state index contributed by atoms with van der Waals surface area (Å²) in [6.45, 7) is 3.34. The number of amides is 1. The Hall–Kier alpha value is -0.870. The van der Waals surface area contributed by atoms with E-state index in [-0.39, 0.29) is 12.1 Å². The summed E-state index contributed by atoms with van der Waals surface area (Å²) in [5.41, 5.74) is 0. The van der Waals surface area contributed by atoms with Crippen LogP contribution in [0, 0.1) is 0 Å². The molecular weight excluding hydrogens is 210 g/mol. The third kappa shape index (κ3) is 2.58. The SMILES string of the molecule is CC1OCCN1C(=O)CCc1cccs1. The van der Waals surface area contributed by atoms with E-state index >= 15 is 0 Å². The molecule has 1 aliphatic heterocycles. The van der Waals surface area contributed by atoms with E-state index in [2.05, 4.69) is 6.07 Å². The van der Waals surface area contributed by atoms with E-state index in [0.717, 1.165) is 13.0 Å². The largest absolute Gasteiger partial charge is 0.357 e. The molecule has 4 heteroatoms. The predicted octanol–water partition coefficient (Wildman–Crippen LogP) is 1.89. The van der Waals surface area contributed by atoms with Gasteiger partial charge in [0.15, 0.2) is 0 Å². The number of hydrogen-bond acceptors (Lipinski definition) is 3. The maximum atomic E-state index is 11.8. The molecule has 2 rings (SSSR count). The Morgan fingerprint density at radius 1 is 1.73 bits per heavy atom. The van der Waals surface area contributed by atoms with Crippen molar-refractivity contribution in [2.75, 3.05) is 13.2 Å². The van der Waals surface area contributed by atoms with Gasteiger partial charge in [-0.2, -0.15) is 0 Å². The van der Waals surface area contributed by atoms with Gasteiger partial charge in [-0.05, 0) is 24.8 Å². The van der Waals surface area contributed by atoms with Crippen LogP contribution >= 0.6 is 11.3 Å². The fraction of sp³-hybridized carbons (Fsp3) is 0.545. The Morgan fingerprint density at radius 3 is 3.20 bits per heavy atom. The summed E-state index contributed by atoms with van der Waals surface area (Å²) in [6, 6.07) is 4.09. The number of thiophene rings is 1. The van der Waals surface area contributed by atoms with Gasteiger partial charge < -0.3 is 9.64 Å². The molecule has 0 aromatic carbocycles. The second-order valence-corrected chi connectivity index (χ2v) is 4.67. The first-order valence-corrected chi connectivity index (χ1v) is 6.09. The number of hydrogen-bond donors (Lipinski definition) is 0. The third-order valence-electron chi connectivity index (χ3n) is 2.62. The van der Waals surface area contributed by atoms with Gasteiger partial charge in [-0.25, -0.2) is 0 Å². The average molecular weight is 225 g/mol. The molecule has 0 bridgehead atoms. The van der Waals surface area contributed by atoms with Crippen LogP contribution in [-0.4, -0.2) is 30.2 Å². The van der Waals surface area contributed by atoms with E-state index in [9.17, 15) is 4.79 Å². The van der Waals surface area contributed by atoms with Crippen LogP contribution in [0.3, 0.4) is 0 Å². The lowest BCUT2D eigenvalue weighted by molar-refractivity contribution is -0.135. The standard InChI is InChI=1S/C11H15NO2S/c1-9-12(6-7-14-9)11(13)5-4-10-3-2-8-15-10/h2-3,8-9H,4-7H2,1H3. The number of carbonyl (C=O) groups excluding carboxylic acids is 1. The van der Waals surface area contributed by atoms with Crippen molar-refractivity contribution >= 4 is 17.2 Å². The molecule has 1 aromatic rings. The Morgan fingerprint density at radius 2 is 2.60 bits per heavy atom. The fourth-order valence-corrected chi connectivity index (χ4v) is 2.46. The van der Waals surface area contributed by atoms with Crippen molar-refractivity contribution < 1.29 is 9.53 Å². The normalized spacial score (nSPS) is 20.9. The van der Waals surface area contributed by atoms with Crippen LogP contribution in [0.5, 0.6) is 0 Å². The molecule has 0 saturated carbocycles. The van der Waals surface area contributed by atoms with E-state index in [1.165, 1.54) is 4.88 Å². The van der Waals surface area contributed by atoms with E-state index < -0.39 is 0 Å². The van der Waals surface area contributed by atoms with Gasteiger partial charge in [0.2, 0.25) is 5.91 Å². The Bertz CT molecular complexity index is 323. The summed E-state index contributed by atoms with van der Waals surface area (Å²) >= 11 is 1.71. The van der Waals surface area contributed by atoms with Gasteiger partial charge in [0.1, 0.15) is 6.23 Å². The molecule has 0 aliphatic carbocycles. The van der Waals surface area contributed by atoms with Crippen molar-refractivity contribution in [1.82, 2.24) is 4.90 Å². The minimum atomic E-state index is -0.0409. The molecule has 1 unspecified atom stereocenters. The number of rotatable bonds is 3. The lowest BCUT2D eigenvalue weighted by atomic mass is 10.2. The van der Waals surface area contributed by atoms with Crippen LogP contribution in [0.15, 0.2) is 17.5 Å². The summed E-state index contributed by atoms with van der Waals surface area (Å²) in [5.74, 6) is 0.202. The number of aryl methyl sites for hydroxylation is 1. The zero-order valence-electron chi connectivity index (χ0n) is 8.81. The molecule has 82 valence electrons. The van der Waals surface area contributed by atoms with Crippen LogP contribution in [-0.2, 0) is 16.0 Å².